The SMILES string of the molecule is Cc1sc2nc(SCC(=O)N3[C@H](C)CCC[C@@H]3C)n(-c3ccc(Cl)cc3)c(=O)c2c1C. The smallest absolute Gasteiger partial charge is 0.267 e. The van der Waals surface area contributed by atoms with Gasteiger partial charge < -0.3 is 4.90 Å². The number of thioether (sulfide) groups is 1. The van der Waals surface area contributed by atoms with Crippen LogP contribution in [0.1, 0.15) is 43.6 Å². The molecule has 1 saturated heterocycles. The Hall–Kier alpha value is -1.83. The summed E-state index contributed by atoms with van der Waals surface area (Å²) in [6, 6.07) is 7.63. The third kappa shape index (κ3) is 4.28. The molecule has 1 amide bonds. The highest BCUT2D eigenvalue weighted by atomic mass is 35.5. The molecule has 3 heterocycles. The van der Waals surface area contributed by atoms with Gasteiger partial charge in [-0.05, 0) is 76.8 Å². The first kappa shape index (κ1) is 22.4. The van der Waals surface area contributed by atoms with Gasteiger partial charge in [0.2, 0.25) is 5.91 Å². The largest absolute Gasteiger partial charge is 0.337 e. The van der Waals surface area contributed by atoms with Crippen LogP contribution in [0.25, 0.3) is 15.9 Å². The Balaban J connectivity index is 1.74. The van der Waals surface area contributed by atoms with Gasteiger partial charge in [-0.15, -0.1) is 11.3 Å². The minimum absolute atomic E-state index is 0.0974. The Morgan fingerprint density at radius 3 is 2.48 bits per heavy atom. The summed E-state index contributed by atoms with van der Waals surface area (Å²) in [6.07, 6.45) is 3.23. The number of benzene rings is 1. The highest BCUT2D eigenvalue weighted by Crippen LogP contribution is 2.30. The monoisotopic (exact) mass is 475 g/mol. The number of amides is 1. The summed E-state index contributed by atoms with van der Waals surface area (Å²) >= 11 is 8.91. The zero-order chi connectivity index (χ0) is 22.3. The molecule has 8 heteroatoms. The molecule has 1 aromatic carbocycles. The number of hydrogen-bond donors (Lipinski definition) is 0. The van der Waals surface area contributed by atoms with Crippen LogP contribution in [-0.2, 0) is 4.79 Å². The number of halogens is 1. The fourth-order valence-electron chi connectivity index (χ4n) is 4.30. The average Bonchev–Trinajstić information content (AvgIpc) is 3.01. The van der Waals surface area contributed by atoms with Gasteiger partial charge in [0, 0.05) is 22.0 Å². The third-order valence-electron chi connectivity index (χ3n) is 6.06. The molecule has 0 radical (unpaired) electrons. The van der Waals surface area contributed by atoms with E-state index in [9.17, 15) is 9.59 Å². The number of carbonyl (C=O) groups excluding carboxylic acids is 1. The van der Waals surface area contributed by atoms with Gasteiger partial charge in [0.15, 0.2) is 5.16 Å². The van der Waals surface area contributed by atoms with Gasteiger partial charge in [0.1, 0.15) is 4.83 Å². The van der Waals surface area contributed by atoms with Crippen molar-refractivity contribution in [2.75, 3.05) is 5.75 Å². The fourth-order valence-corrected chi connectivity index (χ4v) is 6.38. The Bertz CT molecular complexity index is 1180. The second-order valence-electron chi connectivity index (χ2n) is 8.19. The van der Waals surface area contributed by atoms with Crippen molar-refractivity contribution < 1.29 is 4.79 Å². The predicted octanol–water partition coefficient (Wildman–Crippen LogP) is 5.60. The Labute approximate surface area is 195 Å². The van der Waals surface area contributed by atoms with Crippen LogP contribution >= 0.6 is 34.7 Å². The van der Waals surface area contributed by atoms with Crippen LogP contribution in [0.15, 0.2) is 34.2 Å². The number of nitrogens with zero attached hydrogens (tertiary/aromatic N) is 3. The van der Waals surface area contributed by atoms with Crippen molar-refractivity contribution in [2.45, 2.75) is 64.2 Å². The number of piperidine rings is 1. The molecule has 3 aromatic rings. The maximum absolute atomic E-state index is 13.5. The van der Waals surface area contributed by atoms with Crippen molar-refractivity contribution in [1.82, 2.24) is 14.5 Å². The number of aromatic nitrogens is 2. The minimum Gasteiger partial charge on any atom is -0.337 e. The van der Waals surface area contributed by atoms with Crippen LogP contribution in [0.2, 0.25) is 5.02 Å². The van der Waals surface area contributed by atoms with Crippen LogP contribution in [0.3, 0.4) is 0 Å². The number of fused-ring (bicyclic) bond motifs is 1. The van der Waals surface area contributed by atoms with Gasteiger partial charge in [-0.2, -0.15) is 0 Å². The van der Waals surface area contributed by atoms with Crippen molar-refractivity contribution in [3.05, 3.63) is 50.1 Å². The van der Waals surface area contributed by atoms with E-state index in [1.807, 2.05) is 30.9 Å². The molecule has 0 spiro atoms. The normalized spacial score (nSPS) is 19.2. The first-order chi connectivity index (χ1) is 14.8. The molecule has 1 aliphatic rings. The lowest BCUT2D eigenvalue weighted by atomic mass is 9.98. The Morgan fingerprint density at radius 2 is 1.84 bits per heavy atom. The lowest BCUT2D eigenvalue weighted by Crippen LogP contribution is -2.48. The Kier molecular flexibility index (Phi) is 6.47. The molecule has 0 N–H and O–H groups in total. The molecule has 4 rings (SSSR count). The molecule has 1 fully saturated rings. The van der Waals surface area contributed by atoms with Gasteiger partial charge >= 0.3 is 0 Å². The molecule has 2 atom stereocenters. The zero-order valence-electron chi connectivity index (χ0n) is 18.1. The summed E-state index contributed by atoms with van der Waals surface area (Å²) in [4.78, 5) is 35.2. The van der Waals surface area contributed by atoms with Crippen molar-refractivity contribution in [3.63, 3.8) is 0 Å². The molecular formula is C23H26ClN3O2S2. The molecule has 0 saturated carbocycles. The summed E-state index contributed by atoms with van der Waals surface area (Å²) in [7, 11) is 0. The second kappa shape index (κ2) is 8.96. The number of aryl methyl sites for hydroxylation is 2. The standard InChI is InChI=1S/C23H26ClN3O2S2/c1-13-6-5-7-14(2)26(13)19(28)12-30-23-25-21-20(15(3)16(4)31-21)22(29)27(23)18-10-8-17(24)9-11-18/h8-11,13-14H,5-7,12H2,1-4H3/t13-,14+. The summed E-state index contributed by atoms with van der Waals surface area (Å²) < 4.78 is 1.61. The van der Waals surface area contributed by atoms with Gasteiger partial charge in [-0.1, -0.05) is 23.4 Å². The fraction of sp³-hybridized carbons (Fsp3) is 0.435. The van der Waals surface area contributed by atoms with E-state index in [0.29, 0.717) is 21.3 Å². The zero-order valence-corrected chi connectivity index (χ0v) is 20.5. The van der Waals surface area contributed by atoms with Crippen molar-refractivity contribution >= 4 is 50.8 Å². The molecule has 0 unspecified atom stereocenters. The molecule has 31 heavy (non-hydrogen) atoms. The first-order valence-corrected chi connectivity index (χ1v) is 12.7. The molecular weight excluding hydrogens is 450 g/mol. The van der Waals surface area contributed by atoms with E-state index in [0.717, 1.165) is 34.5 Å². The van der Waals surface area contributed by atoms with Crippen molar-refractivity contribution in [1.29, 1.82) is 0 Å². The molecule has 0 aliphatic carbocycles. The van der Waals surface area contributed by atoms with E-state index in [2.05, 4.69) is 13.8 Å². The summed E-state index contributed by atoms with van der Waals surface area (Å²) in [6.45, 7) is 8.19. The quantitative estimate of drug-likeness (QED) is 0.364. The number of thiophene rings is 1. The van der Waals surface area contributed by atoms with Crippen molar-refractivity contribution in [3.8, 4) is 5.69 Å². The predicted molar refractivity (Wildman–Crippen MR) is 130 cm³/mol. The molecule has 164 valence electrons. The number of hydrogen-bond acceptors (Lipinski definition) is 5. The maximum Gasteiger partial charge on any atom is 0.267 e. The van der Waals surface area contributed by atoms with Gasteiger partial charge in [0.25, 0.3) is 5.56 Å². The number of likely N-dealkylation sites (tertiary alicyclic amines) is 1. The molecule has 1 aliphatic heterocycles. The third-order valence-corrected chi connectivity index (χ3v) is 8.34. The summed E-state index contributed by atoms with van der Waals surface area (Å²) in [5.74, 6) is 0.351. The van der Waals surface area contributed by atoms with E-state index in [1.54, 1.807) is 16.7 Å². The van der Waals surface area contributed by atoms with E-state index in [-0.39, 0.29) is 29.3 Å². The van der Waals surface area contributed by atoms with Gasteiger partial charge in [-0.3, -0.25) is 14.2 Å². The summed E-state index contributed by atoms with van der Waals surface area (Å²) in [5.41, 5.74) is 1.55. The molecule has 5 nitrogen and oxygen atoms in total. The first-order valence-electron chi connectivity index (χ1n) is 10.5. The molecule has 2 aromatic heterocycles. The van der Waals surface area contributed by atoms with Crippen molar-refractivity contribution in [2.24, 2.45) is 0 Å². The Morgan fingerprint density at radius 1 is 1.19 bits per heavy atom. The minimum atomic E-state index is -0.108. The number of rotatable bonds is 4. The van der Waals surface area contributed by atoms with E-state index < -0.39 is 0 Å². The highest BCUT2D eigenvalue weighted by molar-refractivity contribution is 7.99. The number of carbonyl (C=O) groups is 1. The highest BCUT2D eigenvalue weighted by Gasteiger charge is 2.29. The average molecular weight is 476 g/mol. The van der Waals surface area contributed by atoms with Crippen LogP contribution in [0, 0.1) is 13.8 Å². The van der Waals surface area contributed by atoms with E-state index in [4.69, 9.17) is 16.6 Å². The topological polar surface area (TPSA) is 55.2 Å². The summed E-state index contributed by atoms with van der Waals surface area (Å²) in [5, 5.41) is 1.78. The van der Waals surface area contributed by atoms with E-state index in [1.165, 1.54) is 23.1 Å². The van der Waals surface area contributed by atoms with Gasteiger partial charge in [0.05, 0.1) is 16.8 Å². The lowest BCUT2D eigenvalue weighted by molar-refractivity contribution is -0.134. The van der Waals surface area contributed by atoms with Crippen LogP contribution in [0.4, 0.5) is 0 Å². The van der Waals surface area contributed by atoms with Crippen LogP contribution < -0.4 is 5.56 Å². The molecule has 0 bridgehead atoms. The van der Waals surface area contributed by atoms with Crippen LogP contribution in [0.5, 0.6) is 0 Å². The van der Waals surface area contributed by atoms with E-state index >= 15 is 0 Å². The lowest BCUT2D eigenvalue weighted by Gasteiger charge is -2.39. The maximum atomic E-state index is 13.5. The second-order valence-corrected chi connectivity index (χ2v) is 10.8. The van der Waals surface area contributed by atoms with Crippen LogP contribution in [-0.4, -0.2) is 38.2 Å². The van der Waals surface area contributed by atoms with Gasteiger partial charge in [-0.25, -0.2) is 4.98 Å².